The normalized spacial score (nSPS) is 11.3. The van der Waals surface area contributed by atoms with Gasteiger partial charge in [-0.1, -0.05) is 0 Å². The first kappa shape index (κ1) is 9.66. The lowest BCUT2D eigenvalue weighted by atomic mass is 10.5. The molecule has 0 fully saturated rings. The third-order valence-corrected chi connectivity index (χ3v) is 2.91. The topological polar surface area (TPSA) is 9.23 Å². The molecule has 0 bridgehead atoms. The van der Waals surface area contributed by atoms with Crippen LogP contribution in [-0.2, 0) is 4.74 Å². The summed E-state index contributed by atoms with van der Waals surface area (Å²) in [6.07, 6.45) is 4.46. The molecule has 0 aliphatic heterocycles. The molecule has 0 radical (unpaired) electrons. The lowest BCUT2D eigenvalue weighted by Crippen LogP contribution is -2.09. The van der Waals surface area contributed by atoms with Crippen LogP contribution in [0.3, 0.4) is 0 Å². The zero-order valence-electron chi connectivity index (χ0n) is 6.38. The Morgan fingerprint density at radius 3 is 1.67 bits per heavy atom. The van der Waals surface area contributed by atoms with Gasteiger partial charge in [-0.15, -0.1) is 23.5 Å². The standard InChI is InChI=1S/C6H14OS2/c1-5(2)7-6(8-3)9-4/h5-6H,1-4H3. The Labute approximate surface area is 65.9 Å². The summed E-state index contributed by atoms with van der Waals surface area (Å²) in [7, 11) is 0. The van der Waals surface area contributed by atoms with Gasteiger partial charge in [0.25, 0.3) is 0 Å². The van der Waals surface area contributed by atoms with Crippen molar-refractivity contribution in [1.82, 2.24) is 0 Å². The van der Waals surface area contributed by atoms with Crippen molar-refractivity contribution in [3.05, 3.63) is 0 Å². The van der Waals surface area contributed by atoms with E-state index in [0.29, 0.717) is 10.9 Å². The highest BCUT2D eigenvalue weighted by Crippen LogP contribution is 2.20. The summed E-state index contributed by atoms with van der Waals surface area (Å²) < 4.78 is 5.78. The lowest BCUT2D eigenvalue weighted by molar-refractivity contribution is 0.103. The number of hydrogen-bond donors (Lipinski definition) is 0. The van der Waals surface area contributed by atoms with Gasteiger partial charge in [0, 0.05) is 0 Å². The predicted molar refractivity (Wildman–Crippen MR) is 47.0 cm³/mol. The average Bonchev–Trinajstić information content (AvgIpc) is 1.82. The first-order valence-electron chi connectivity index (χ1n) is 2.91. The van der Waals surface area contributed by atoms with Crippen LogP contribution >= 0.6 is 23.5 Å². The first-order chi connectivity index (χ1) is 4.20. The van der Waals surface area contributed by atoms with Gasteiger partial charge < -0.3 is 4.74 Å². The van der Waals surface area contributed by atoms with Crippen LogP contribution in [0.5, 0.6) is 0 Å². The fourth-order valence-corrected chi connectivity index (χ4v) is 1.87. The summed E-state index contributed by atoms with van der Waals surface area (Å²) in [6, 6.07) is 0. The molecule has 0 aliphatic carbocycles. The second-order valence-electron chi connectivity index (χ2n) is 1.94. The van der Waals surface area contributed by atoms with E-state index in [2.05, 4.69) is 26.4 Å². The zero-order valence-corrected chi connectivity index (χ0v) is 8.01. The van der Waals surface area contributed by atoms with Crippen molar-refractivity contribution in [2.45, 2.75) is 24.7 Å². The van der Waals surface area contributed by atoms with E-state index in [1.807, 2.05) is 0 Å². The van der Waals surface area contributed by atoms with Crippen LogP contribution in [-0.4, -0.2) is 23.4 Å². The van der Waals surface area contributed by atoms with Crippen molar-refractivity contribution >= 4 is 23.5 Å². The molecule has 0 aromatic heterocycles. The van der Waals surface area contributed by atoms with Crippen molar-refractivity contribution in [2.24, 2.45) is 0 Å². The SMILES string of the molecule is CSC(OC(C)C)SC. The van der Waals surface area contributed by atoms with Crippen molar-refractivity contribution in [3.8, 4) is 0 Å². The van der Waals surface area contributed by atoms with Crippen LogP contribution in [0, 0.1) is 0 Å². The largest absolute Gasteiger partial charge is 0.355 e. The van der Waals surface area contributed by atoms with Gasteiger partial charge in [-0.25, -0.2) is 0 Å². The summed E-state index contributed by atoms with van der Waals surface area (Å²) in [6.45, 7) is 4.11. The molecule has 3 heteroatoms. The molecular formula is C6H14OS2. The molecule has 0 unspecified atom stereocenters. The van der Waals surface area contributed by atoms with Crippen LogP contribution in [0.25, 0.3) is 0 Å². The number of thioether (sulfide) groups is 2. The second-order valence-corrected chi connectivity index (χ2v) is 4.04. The molecule has 0 spiro atoms. The van der Waals surface area contributed by atoms with Gasteiger partial charge in [-0.2, -0.15) is 0 Å². The van der Waals surface area contributed by atoms with E-state index >= 15 is 0 Å². The summed E-state index contributed by atoms with van der Waals surface area (Å²) >= 11 is 3.48. The number of ether oxygens (including phenoxy) is 1. The average molecular weight is 166 g/mol. The molecular weight excluding hydrogens is 152 g/mol. The fraction of sp³-hybridized carbons (Fsp3) is 1.00. The minimum absolute atomic E-state index is 0.310. The summed E-state index contributed by atoms with van der Waals surface area (Å²) in [5, 5.41) is 0. The molecule has 0 heterocycles. The Bertz CT molecular complexity index is 62.1. The predicted octanol–water partition coefficient (Wildman–Crippen LogP) is 2.42. The van der Waals surface area contributed by atoms with E-state index in [0.717, 1.165) is 0 Å². The molecule has 0 rings (SSSR count). The Hall–Kier alpha value is 0.660. The summed E-state index contributed by atoms with van der Waals surface area (Å²) in [5.41, 5.74) is 0. The van der Waals surface area contributed by atoms with Gasteiger partial charge >= 0.3 is 0 Å². The first-order valence-corrected chi connectivity index (χ1v) is 5.49. The minimum atomic E-state index is 0.310. The maximum atomic E-state index is 5.47. The van der Waals surface area contributed by atoms with E-state index in [-0.39, 0.29) is 0 Å². The highest BCUT2D eigenvalue weighted by Gasteiger charge is 2.05. The van der Waals surface area contributed by atoms with Gasteiger partial charge in [0.2, 0.25) is 0 Å². The summed E-state index contributed by atoms with van der Waals surface area (Å²) in [5.74, 6) is 0. The Kier molecular flexibility index (Phi) is 5.84. The maximum absolute atomic E-state index is 5.47. The Morgan fingerprint density at radius 2 is 1.56 bits per heavy atom. The highest BCUT2D eigenvalue weighted by molar-refractivity contribution is 8.16. The molecule has 0 atom stereocenters. The molecule has 0 amide bonds. The molecule has 0 aromatic rings. The van der Waals surface area contributed by atoms with E-state index in [1.54, 1.807) is 23.5 Å². The lowest BCUT2D eigenvalue weighted by Gasteiger charge is -2.14. The molecule has 0 N–H and O–H groups in total. The van der Waals surface area contributed by atoms with Crippen LogP contribution in [0.2, 0.25) is 0 Å². The summed E-state index contributed by atoms with van der Waals surface area (Å²) in [4.78, 5) is 0. The molecule has 9 heavy (non-hydrogen) atoms. The fourth-order valence-electron chi connectivity index (χ4n) is 0.430. The molecule has 56 valence electrons. The van der Waals surface area contributed by atoms with Crippen LogP contribution in [0.1, 0.15) is 13.8 Å². The van der Waals surface area contributed by atoms with E-state index in [4.69, 9.17) is 4.74 Å². The van der Waals surface area contributed by atoms with Crippen LogP contribution < -0.4 is 0 Å². The van der Waals surface area contributed by atoms with E-state index in [1.165, 1.54) is 0 Å². The maximum Gasteiger partial charge on any atom is 0.149 e. The number of rotatable bonds is 4. The van der Waals surface area contributed by atoms with Crippen molar-refractivity contribution in [2.75, 3.05) is 12.5 Å². The Morgan fingerprint density at radius 1 is 1.11 bits per heavy atom. The number of hydrogen-bond acceptors (Lipinski definition) is 3. The molecule has 0 saturated carbocycles. The van der Waals surface area contributed by atoms with Crippen LogP contribution in [0.15, 0.2) is 0 Å². The molecule has 1 nitrogen and oxygen atoms in total. The smallest absolute Gasteiger partial charge is 0.149 e. The van der Waals surface area contributed by atoms with Gasteiger partial charge in [0.1, 0.15) is 4.77 Å². The van der Waals surface area contributed by atoms with Gasteiger partial charge in [-0.05, 0) is 26.4 Å². The Balaban J connectivity index is 3.31. The zero-order chi connectivity index (χ0) is 7.28. The third-order valence-electron chi connectivity index (χ3n) is 0.768. The second kappa shape index (κ2) is 5.45. The minimum Gasteiger partial charge on any atom is -0.355 e. The van der Waals surface area contributed by atoms with E-state index in [9.17, 15) is 0 Å². The monoisotopic (exact) mass is 166 g/mol. The van der Waals surface area contributed by atoms with E-state index < -0.39 is 0 Å². The molecule has 0 aromatic carbocycles. The quantitative estimate of drug-likeness (QED) is 0.594. The van der Waals surface area contributed by atoms with Gasteiger partial charge in [0.15, 0.2) is 0 Å². The van der Waals surface area contributed by atoms with Crippen molar-refractivity contribution in [1.29, 1.82) is 0 Å². The van der Waals surface area contributed by atoms with Crippen molar-refractivity contribution in [3.63, 3.8) is 0 Å². The van der Waals surface area contributed by atoms with Gasteiger partial charge in [-0.3, -0.25) is 0 Å². The molecule has 0 saturated heterocycles. The molecule has 0 aliphatic rings. The van der Waals surface area contributed by atoms with Crippen molar-refractivity contribution < 1.29 is 4.74 Å². The van der Waals surface area contributed by atoms with Crippen LogP contribution in [0.4, 0.5) is 0 Å². The highest BCUT2D eigenvalue weighted by atomic mass is 32.2. The van der Waals surface area contributed by atoms with Gasteiger partial charge in [0.05, 0.1) is 6.10 Å². The third kappa shape index (κ3) is 5.12.